The molecule has 0 aromatic heterocycles. The van der Waals surface area contributed by atoms with E-state index in [4.69, 9.17) is 23.2 Å². The molecule has 38 heavy (non-hydrogen) atoms. The lowest BCUT2D eigenvalue weighted by Crippen LogP contribution is -2.51. The molecular formula is C27H34Cl2FN3O4S. The normalized spacial score (nSPS) is 14.8. The lowest BCUT2D eigenvalue weighted by atomic mass is 10.1. The quantitative estimate of drug-likeness (QED) is 0.354. The number of nitrogens with zero attached hydrogens (tertiary/aromatic N) is 2. The number of anilines is 1. The molecule has 2 aromatic rings. The summed E-state index contributed by atoms with van der Waals surface area (Å²) in [5, 5.41) is 3.83. The predicted octanol–water partition coefficient (Wildman–Crippen LogP) is 5.54. The molecule has 1 fully saturated rings. The van der Waals surface area contributed by atoms with Crippen molar-refractivity contribution >= 4 is 50.7 Å². The maximum atomic E-state index is 13.5. The third-order valence-electron chi connectivity index (χ3n) is 6.69. The van der Waals surface area contributed by atoms with Crippen LogP contribution in [0.5, 0.6) is 0 Å². The average molecular weight is 587 g/mol. The van der Waals surface area contributed by atoms with Gasteiger partial charge in [0.2, 0.25) is 21.8 Å². The highest BCUT2D eigenvalue weighted by molar-refractivity contribution is 7.92. The lowest BCUT2D eigenvalue weighted by molar-refractivity contribution is -0.141. The van der Waals surface area contributed by atoms with Gasteiger partial charge in [0.1, 0.15) is 11.9 Å². The zero-order valence-corrected chi connectivity index (χ0v) is 24.0. The van der Waals surface area contributed by atoms with Gasteiger partial charge in [-0.1, -0.05) is 49.0 Å². The summed E-state index contributed by atoms with van der Waals surface area (Å²) in [5.74, 6) is -0.953. The van der Waals surface area contributed by atoms with Crippen LogP contribution in [0.2, 0.25) is 10.0 Å². The van der Waals surface area contributed by atoms with Crippen LogP contribution in [0.15, 0.2) is 42.5 Å². The van der Waals surface area contributed by atoms with E-state index in [1.807, 2.05) is 6.92 Å². The summed E-state index contributed by atoms with van der Waals surface area (Å²) in [7, 11) is -3.66. The SMILES string of the molecule is CCC(C(=O)NC1CCCC1)N(Cc1ccc(Cl)c(Cl)c1)C(=O)CCCN(c1ccc(F)cc1)S(C)(=O)=O. The highest BCUT2D eigenvalue weighted by atomic mass is 35.5. The van der Waals surface area contributed by atoms with E-state index < -0.39 is 21.9 Å². The second kappa shape index (κ2) is 13.6. The summed E-state index contributed by atoms with van der Waals surface area (Å²) in [6.07, 6.45) is 5.69. The van der Waals surface area contributed by atoms with Crippen LogP contribution in [0.4, 0.5) is 10.1 Å². The molecule has 1 N–H and O–H groups in total. The van der Waals surface area contributed by atoms with Gasteiger partial charge in [0.05, 0.1) is 22.0 Å². The molecule has 3 rings (SSSR count). The second-order valence-electron chi connectivity index (χ2n) is 9.60. The molecule has 0 spiro atoms. The van der Waals surface area contributed by atoms with Crippen molar-refractivity contribution in [1.82, 2.24) is 10.2 Å². The van der Waals surface area contributed by atoms with E-state index in [0.717, 1.165) is 41.8 Å². The van der Waals surface area contributed by atoms with Crippen molar-refractivity contribution in [3.63, 3.8) is 0 Å². The Hall–Kier alpha value is -2.36. The Labute approximate surface area is 234 Å². The van der Waals surface area contributed by atoms with E-state index in [2.05, 4.69) is 5.32 Å². The van der Waals surface area contributed by atoms with Crippen LogP contribution in [0.25, 0.3) is 0 Å². The number of amides is 2. The van der Waals surface area contributed by atoms with Gasteiger partial charge in [0, 0.05) is 25.6 Å². The zero-order valence-electron chi connectivity index (χ0n) is 21.6. The first kappa shape index (κ1) is 30.2. The predicted molar refractivity (Wildman–Crippen MR) is 149 cm³/mol. The topological polar surface area (TPSA) is 86.8 Å². The number of nitrogens with one attached hydrogen (secondary N) is 1. The Kier molecular flexibility index (Phi) is 10.8. The minimum atomic E-state index is -3.66. The molecule has 1 saturated carbocycles. The molecule has 0 aliphatic heterocycles. The molecule has 11 heteroatoms. The van der Waals surface area contributed by atoms with Crippen molar-refractivity contribution in [1.29, 1.82) is 0 Å². The van der Waals surface area contributed by atoms with E-state index >= 15 is 0 Å². The van der Waals surface area contributed by atoms with Crippen LogP contribution in [-0.4, -0.2) is 50.0 Å². The van der Waals surface area contributed by atoms with E-state index in [1.54, 1.807) is 18.2 Å². The van der Waals surface area contributed by atoms with Crippen molar-refractivity contribution < 1.29 is 22.4 Å². The van der Waals surface area contributed by atoms with Crippen LogP contribution < -0.4 is 9.62 Å². The fraction of sp³-hybridized carbons (Fsp3) is 0.481. The largest absolute Gasteiger partial charge is 0.352 e. The van der Waals surface area contributed by atoms with Gasteiger partial charge in [0.15, 0.2) is 0 Å². The summed E-state index contributed by atoms with van der Waals surface area (Å²) >= 11 is 12.3. The van der Waals surface area contributed by atoms with Gasteiger partial charge < -0.3 is 10.2 Å². The van der Waals surface area contributed by atoms with Gasteiger partial charge in [-0.15, -0.1) is 0 Å². The number of sulfonamides is 1. The van der Waals surface area contributed by atoms with Gasteiger partial charge in [-0.3, -0.25) is 13.9 Å². The van der Waals surface area contributed by atoms with E-state index in [-0.39, 0.29) is 43.8 Å². The molecule has 2 amide bonds. The van der Waals surface area contributed by atoms with Crippen LogP contribution >= 0.6 is 23.2 Å². The van der Waals surface area contributed by atoms with Crippen LogP contribution in [0.1, 0.15) is 57.4 Å². The number of carbonyl (C=O) groups excluding carboxylic acids is 2. The Morgan fingerprint density at radius 1 is 1.08 bits per heavy atom. The zero-order chi connectivity index (χ0) is 27.9. The fourth-order valence-corrected chi connectivity index (χ4v) is 6.02. The summed E-state index contributed by atoms with van der Waals surface area (Å²) in [4.78, 5) is 28.3. The molecule has 2 aromatic carbocycles. The maximum Gasteiger partial charge on any atom is 0.243 e. The van der Waals surface area contributed by atoms with Crippen molar-refractivity contribution in [2.45, 2.75) is 70.5 Å². The standard InChI is InChI=1S/C27H34Cl2FN3O4S/c1-3-25(27(35)31-21-7-4-5-8-21)32(18-19-10-15-23(28)24(29)17-19)26(34)9-6-16-33(38(2,36)37)22-13-11-20(30)12-14-22/h10-15,17,21,25H,3-9,16,18H2,1-2H3,(H,31,35). The monoisotopic (exact) mass is 585 g/mol. The van der Waals surface area contributed by atoms with Crippen LogP contribution in [0.3, 0.4) is 0 Å². The van der Waals surface area contributed by atoms with Gasteiger partial charge >= 0.3 is 0 Å². The van der Waals surface area contributed by atoms with Crippen molar-refractivity contribution in [3.05, 3.63) is 63.9 Å². The molecule has 0 heterocycles. The number of hydrogen-bond donors (Lipinski definition) is 1. The maximum absolute atomic E-state index is 13.5. The van der Waals surface area contributed by atoms with Crippen LogP contribution in [0, 0.1) is 5.82 Å². The van der Waals surface area contributed by atoms with E-state index in [0.29, 0.717) is 22.2 Å². The minimum Gasteiger partial charge on any atom is -0.352 e. The lowest BCUT2D eigenvalue weighted by Gasteiger charge is -2.32. The molecule has 1 aliphatic carbocycles. The minimum absolute atomic E-state index is 0.0156. The molecule has 208 valence electrons. The average Bonchev–Trinajstić information content (AvgIpc) is 3.37. The second-order valence-corrected chi connectivity index (χ2v) is 12.3. The summed E-state index contributed by atoms with van der Waals surface area (Å²) in [5.41, 5.74) is 1.04. The number of halogens is 3. The van der Waals surface area contributed by atoms with E-state index in [1.165, 1.54) is 29.2 Å². The number of carbonyl (C=O) groups is 2. The Balaban J connectivity index is 1.77. The third-order valence-corrected chi connectivity index (χ3v) is 8.62. The van der Waals surface area contributed by atoms with Gasteiger partial charge in [-0.05, 0) is 67.6 Å². The summed E-state index contributed by atoms with van der Waals surface area (Å²) in [6, 6.07) is 9.64. The first-order chi connectivity index (χ1) is 18.0. The number of hydrogen-bond acceptors (Lipinski definition) is 4. The van der Waals surface area contributed by atoms with Crippen molar-refractivity contribution in [2.75, 3.05) is 17.1 Å². The van der Waals surface area contributed by atoms with Crippen LogP contribution in [-0.2, 0) is 26.2 Å². The molecule has 1 aliphatic rings. The fourth-order valence-electron chi connectivity index (χ4n) is 4.73. The van der Waals surface area contributed by atoms with Gasteiger partial charge in [0.25, 0.3) is 0 Å². The highest BCUT2D eigenvalue weighted by Gasteiger charge is 2.31. The van der Waals surface area contributed by atoms with Gasteiger partial charge in [-0.2, -0.15) is 0 Å². The molecule has 1 unspecified atom stereocenters. The summed E-state index contributed by atoms with van der Waals surface area (Å²) < 4.78 is 39.3. The first-order valence-corrected chi connectivity index (χ1v) is 15.4. The Morgan fingerprint density at radius 2 is 1.74 bits per heavy atom. The number of rotatable bonds is 12. The van der Waals surface area contributed by atoms with E-state index in [9.17, 15) is 22.4 Å². The first-order valence-electron chi connectivity index (χ1n) is 12.8. The van der Waals surface area contributed by atoms with Crippen molar-refractivity contribution in [2.24, 2.45) is 0 Å². The molecule has 0 saturated heterocycles. The number of benzene rings is 2. The highest BCUT2D eigenvalue weighted by Crippen LogP contribution is 2.25. The summed E-state index contributed by atoms with van der Waals surface area (Å²) in [6.45, 7) is 2.04. The molecular weight excluding hydrogens is 552 g/mol. The Morgan fingerprint density at radius 3 is 2.32 bits per heavy atom. The molecule has 0 radical (unpaired) electrons. The van der Waals surface area contributed by atoms with Crippen molar-refractivity contribution in [3.8, 4) is 0 Å². The third kappa shape index (κ3) is 8.32. The van der Waals surface area contributed by atoms with Gasteiger partial charge in [-0.25, -0.2) is 12.8 Å². The molecule has 1 atom stereocenters. The Bertz CT molecular complexity index is 1220. The smallest absolute Gasteiger partial charge is 0.243 e. The molecule has 7 nitrogen and oxygen atoms in total. The molecule has 0 bridgehead atoms.